The van der Waals surface area contributed by atoms with Crippen molar-refractivity contribution in [3.63, 3.8) is 0 Å². The maximum atomic E-state index is 11.4. The second-order valence-corrected chi connectivity index (χ2v) is 3.54. The van der Waals surface area contributed by atoms with E-state index in [1.807, 2.05) is 0 Å². The molecule has 1 amide bonds. The molecule has 0 aliphatic carbocycles. The highest BCUT2D eigenvalue weighted by molar-refractivity contribution is 5.70. The van der Waals surface area contributed by atoms with E-state index in [-0.39, 0.29) is 12.2 Å². The number of nitrogens with one attached hydrogen (secondary N) is 1. The van der Waals surface area contributed by atoms with Gasteiger partial charge in [-0.25, -0.2) is 4.79 Å². The first-order valence-electron chi connectivity index (χ1n) is 4.69. The van der Waals surface area contributed by atoms with E-state index in [4.69, 9.17) is 10.5 Å². The highest BCUT2D eigenvalue weighted by Gasteiger charge is 2.36. The Balaban J connectivity index is 1.95. The number of rotatable bonds is 2. The molecule has 0 radical (unpaired) electrons. The number of hydrogen-bond donors (Lipinski definition) is 2. The van der Waals surface area contributed by atoms with Crippen LogP contribution in [0.2, 0.25) is 0 Å². The fourth-order valence-corrected chi connectivity index (χ4v) is 1.87. The summed E-state index contributed by atoms with van der Waals surface area (Å²) in [6.07, 6.45) is 0.712. The van der Waals surface area contributed by atoms with Crippen LogP contribution < -0.4 is 11.1 Å². The van der Waals surface area contributed by atoms with Crippen molar-refractivity contribution in [1.82, 2.24) is 10.2 Å². The summed E-state index contributed by atoms with van der Waals surface area (Å²) >= 11 is 0. The van der Waals surface area contributed by atoms with Gasteiger partial charge in [0, 0.05) is 19.1 Å². The predicted octanol–water partition coefficient (Wildman–Crippen LogP) is -0.872. The van der Waals surface area contributed by atoms with Crippen LogP contribution in [0.3, 0.4) is 0 Å². The molecule has 0 aromatic carbocycles. The van der Waals surface area contributed by atoms with Gasteiger partial charge in [0.2, 0.25) is 0 Å². The van der Waals surface area contributed by atoms with Gasteiger partial charge >= 0.3 is 6.09 Å². The van der Waals surface area contributed by atoms with Gasteiger partial charge in [-0.1, -0.05) is 0 Å². The normalized spacial score (nSPS) is 33.9. The Hall–Kier alpha value is -0.810. The molecule has 2 aliphatic heterocycles. The van der Waals surface area contributed by atoms with E-state index in [2.05, 4.69) is 5.32 Å². The lowest BCUT2D eigenvalue weighted by molar-refractivity contribution is 0.131. The summed E-state index contributed by atoms with van der Waals surface area (Å²) in [6, 6.07) is 0.309. The van der Waals surface area contributed by atoms with Crippen molar-refractivity contribution < 1.29 is 9.53 Å². The molecule has 0 saturated carbocycles. The van der Waals surface area contributed by atoms with E-state index >= 15 is 0 Å². The Morgan fingerprint density at radius 2 is 2.54 bits per heavy atom. The fraction of sp³-hybridized carbons (Fsp3) is 0.875. The number of cyclic esters (lactones) is 1. The first-order valence-corrected chi connectivity index (χ1v) is 4.69. The molecular weight excluding hydrogens is 170 g/mol. The average Bonchev–Trinajstić information content (AvgIpc) is 2.72. The lowest BCUT2D eigenvalue weighted by Gasteiger charge is -2.19. The van der Waals surface area contributed by atoms with E-state index in [1.54, 1.807) is 4.90 Å². The summed E-state index contributed by atoms with van der Waals surface area (Å²) < 4.78 is 5.07. The Labute approximate surface area is 77.2 Å². The maximum Gasteiger partial charge on any atom is 0.410 e. The van der Waals surface area contributed by atoms with Gasteiger partial charge in [-0.3, -0.25) is 0 Å². The molecule has 0 bridgehead atoms. The Morgan fingerprint density at radius 3 is 3.08 bits per heavy atom. The van der Waals surface area contributed by atoms with Gasteiger partial charge in [0.15, 0.2) is 0 Å². The summed E-state index contributed by atoms with van der Waals surface area (Å²) in [4.78, 5) is 13.1. The number of ether oxygens (including phenoxy) is 1. The quantitative estimate of drug-likeness (QED) is 0.586. The molecule has 0 aromatic rings. The summed E-state index contributed by atoms with van der Waals surface area (Å²) in [6.45, 7) is 2.94. The van der Waals surface area contributed by atoms with Crippen molar-refractivity contribution in [3.8, 4) is 0 Å². The van der Waals surface area contributed by atoms with Crippen molar-refractivity contribution in [3.05, 3.63) is 0 Å². The molecule has 2 aliphatic rings. The van der Waals surface area contributed by atoms with Crippen LogP contribution >= 0.6 is 0 Å². The summed E-state index contributed by atoms with van der Waals surface area (Å²) in [5, 5.41) is 3.22. The molecule has 74 valence electrons. The Morgan fingerprint density at radius 1 is 1.69 bits per heavy atom. The van der Waals surface area contributed by atoms with Crippen LogP contribution in [-0.2, 0) is 4.74 Å². The van der Waals surface area contributed by atoms with E-state index in [1.165, 1.54) is 0 Å². The number of amides is 1. The van der Waals surface area contributed by atoms with E-state index in [0.717, 1.165) is 19.5 Å². The molecule has 2 saturated heterocycles. The third-order valence-corrected chi connectivity index (χ3v) is 2.64. The summed E-state index contributed by atoms with van der Waals surface area (Å²) in [7, 11) is 0. The first-order chi connectivity index (χ1) is 6.31. The van der Waals surface area contributed by atoms with Crippen LogP contribution in [0.5, 0.6) is 0 Å². The van der Waals surface area contributed by atoms with Gasteiger partial charge < -0.3 is 20.7 Å². The molecule has 0 spiro atoms. The molecule has 2 atom stereocenters. The number of carbonyl (C=O) groups excluding carboxylic acids is 1. The average molecular weight is 185 g/mol. The molecule has 2 rings (SSSR count). The number of nitrogens with zero attached hydrogens (tertiary/aromatic N) is 1. The monoisotopic (exact) mass is 185 g/mol. The third-order valence-electron chi connectivity index (χ3n) is 2.64. The van der Waals surface area contributed by atoms with Gasteiger partial charge in [0.25, 0.3) is 0 Å². The van der Waals surface area contributed by atoms with Crippen molar-refractivity contribution in [2.45, 2.75) is 18.6 Å². The molecule has 3 N–H and O–H groups in total. The molecule has 13 heavy (non-hydrogen) atoms. The Kier molecular flexibility index (Phi) is 2.37. The van der Waals surface area contributed by atoms with Crippen LogP contribution in [0.25, 0.3) is 0 Å². The highest BCUT2D eigenvalue weighted by Crippen LogP contribution is 2.17. The lowest BCUT2D eigenvalue weighted by Crippen LogP contribution is -2.38. The highest BCUT2D eigenvalue weighted by atomic mass is 16.6. The second-order valence-electron chi connectivity index (χ2n) is 3.54. The largest absolute Gasteiger partial charge is 0.443 e. The number of hydrogen-bond acceptors (Lipinski definition) is 4. The fourth-order valence-electron chi connectivity index (χ4n) is 1.87. The molecule has 2 fully saturated rings. The van der Waals surface area contributed by atoms with E-state index in [9.17, 15) is 4.79 Å². The summed E-state index contributed by atoms with van der Waals surface area (Å²) in [5.74, 6) is 0. The Bertz CT molecular complexity index is 204. The molecule has 5 heteroatoms. The van der Waals surface area contributed by atoms with Gasteiger partial charge in [-0.15, -0.1) is 0 Å². The van der Waals surface area contributed by atoms with Crippen molar-refractivity contribution in [1.29, 1.82) is 0 Å². The standard InChI is InChI=1S/C8H15N3O2/c9-3-7-5-11(8(12)13-7)6-1-2-10-4-6/h6-7,10H,1-5,9H2/t6?,7-/m0/s1. The van der Waals surface area contributed by atoms with Gasteiger partial charge in [-0.2, -0.15) is 0 Å². The van der Waals surface area contributed by atoms with Gasteiger partial charge in [0.1, 0.15) is 6.10 Å². The van der Waals surface area contributed by atoms with Crippen molar-refractivity contribution in [2.24, 2.45) is 5.73 Å². The third kappa shape index (κ3) is 1.62. The molecule has 2 heterocycles. The maximum absolute atomic E-state index is 11.4. The molecule has 0 aromatic heterocycles. The second kappa shape index (κ2) is 3.51. The smallest absolute Gasteiger partial charge is 0.410 e. The number of carbonyl (C=O) groups is 1. The first kappa shape index (κ1) is 8.77. The predicted molar refractivity (Wildman–Crippen MR) is 47.3 cm³/mol. The minimum atomic E-state index is -0.204. The zero-order chi connectivity index (χ0) is 9.26. The van der Waals surface area contributed by atoms with Crippen LogP contribution in [-0.4, -0.2) is 49.3 Å². The van der Waals surface area contributed by atoms with Crippen LogP contribution in [0, 0.1) is 0 Å². The van der Waals surface area contributed by atoms with E-state index < -0.39 is 0 Å². The van der Waals surface area contributed by atoms with Crippen LogP contribution in [0.15, 0.2) is 0 Å². The van der Waals surface area contributed by atoms with Gasteiger partial charge in [0.05, 0.1) is 6.54 Å². The minimum Gasteiger partial charge on any atom is -0.443 e. The summed E-state index contributed by atoms with van der Waals surface area (Å²) in [5.41, 5.74) is 5.44. The van der Waals surface area contributed by atoms with Crippen molar-refractivity contribution >= 4 is 6.09 Å². The molecular formula is C8H15N3O2. The van der Waals surface area contributed by atoms with Gasteiger partial charge in [-0.05, 0) is 13.0 Å². The molecule has 5 nitrogen and oxygen atoms in total. The van der Waals surface area contributed by atoms with E-state index in [0.29, 0.717) is 19.1 Å². The molecule has 1 unspecified atom stereocenters. The SMILES string of the molecule is NC[C@H]1CN(C2CCNC2)C(=O)O1. The lowest BCUT2D eigenvalue weighted by atomic mass is 10.2. The zero-order valence-corrected chi connectivity index (χ0v) is 7.53. The van der Waals surface area contributed by atoms with Crippen LogP contribution in [0.1, 0.15) is 6.42 Å². The zero-order valence-electron chi connectivity index (χ0n) is 7.53. The van der Waals surface area contributed by atoms with Crippen LogP contribution in [0.4, 0.5) is 4.79 Å². The van der Waals surface area contributed by atoms with Crippen molar-refractivity contribution in [2.75, 3.05) is 26.2 Å². The topological polar surface area (TPSA) is 67.6 Å². The number of nitrogens with two attached hydrogens (primary N) is 1. The minimum absolute atomic E-state index is 0.104.